The summed E-state index contributed by atoms with van der Waals surface area (Å²) in [5.41, 5.74) is 8.40. The molecular weight excluding hydrogens is 713 g/mol. The highest BCUT2D eigenvalue weighted by atomic mass is 16.6. The van der Waals surface area contributed by atoms with E-state index in [1.54, 1.807) is 4.90 Å². The number of allylic oxidation sites excluding steroid dienone is 2. The van der Waals surface area contributed by atoms with Gasteiger partial charge in [-0.2, -0.15) is 0 Å². The van der Waals surface area contributed by atoms with Gasteiger partial charge in [0.1, 0.15) is 5.60 Å². The number of carbonyl (C=O) groups excluding carboxylic acids is 3. The Kier molecular flexibility index (Phi) is 12.0. The molecule has 2 aromatic carbocycles. The van der Waals surface area contributed by atoms with Crippen LogP contribution >= 0.6 is 0 Å². The van der Waals surface area contributed by atoms with Gasteiger partial charge in [0, 0.05) is 122 Å². The fourth-order valence-electron chi connectivity index (χ4n) is 9.37. The van der Waals surface area contributed by atoms with E-state index in [1.807, 2.05) is 60.9 Å². The third kappa shape index (κ3) is 8.57. The van der Waals surface area contributed by atoms with Crippen LogP contribution in [0.5, 0.6) is 0 Å². The largest absolute Gasteiger partial charge is 0.444 e. The van der Waals surface area contributed by atoms with Crippen molar-refractivity contribution in [2.75, 3.05) is 39.3 Å². The molecule has 10 nitrogen and oxygen atoms in total. The molecule has 0 aliphatic carbocycles. The van der Waals surface area contributed by atoms with Crippen LogP contribution < -0.4 is 5.32 Å². The molecule has 0 radical (unpaired) electrons. The molecule has 8 rings (SSSR count). The lowest BCUT2D eigenvalue weighted by Gasteiger charge is -2.31. The van der Waals surface area contributed by atoms with E-state index in [1.165, 1.54) is 40.7 Å². The second kappa shape index (κ2) is 16.9. The first-order valence-electron chi connectivity index (χ1n) is 21.1. The first-order valence-corrected chi connectivity index (χ1v) is 21.1. The molecular formula is C47H62N6O4. The van der Waals surface area contributed by atoms with Crippen molar-refractivity contribution in [2.45, 2.75) is 105 Å². The number of benzene rings is 2. The number of rotatable bonds is 6. The van der Waals surface area contributed by atoms with Crippen LogP contribution in [0.4, 0.5) is 4.79 Å². The number of nitrogens with one attached hydrogen (secondary N) is 1. The van der Waals surface area contributed by atoms with Crippen LogP contribution in [0.2, 0.25) is 0 Å². The van der Waals surface area contributed by atoms with Gasteiger partial charge in [0.15, 0.2) is 0 Å². The molecule has 0 saturated carbocycles. The second-order valence-corrected chi connectivity index (χ2v) is 17.7. The molecule has 0 spiro atoms. The van der Waals surface area contributed by atoms with Crippen molar-refractivity contribution in [1.29, 1.82) is 0 Å². The van der Waals surface area contributed by atoms with Crippen molar-refractivity contribution in [2.24, 2.45) is 11.8 Å². The number of likely N-dealkylation sites (tertiary alicyclic amines) is 2. The zero-order chi connectivity index (χ0) is 40.4. The topological polar surface area (TPSA) is 92.0 Å². The summed E-state index contributed by atoms with van der Waals surface area (Å²) in [7, 11) is 0. The van der Waals surface area contributed by atoms with Gasteiger partial charge in [-0.05, 0) is 100 Å². The smallest absolute Gasteiger partial charge is 0.410 e. The van der Waals surface area contributed by atoms with Crippen molar-refractivity contribution in [1.82, 2.24) is 29.2 Å². The number of piperidine rings is 2. The molecule has 2 unspecified atom stereocenters. The van der Waals surface area contributed by atoms with Gasteiger partial charge in [0.25, 0.3) is 11.8 Å². The van der Waals surface area contributed by atoms with Crippen LogP contribution in [-0.4, -0.2) is 86.6 Å². The van der Waals surface area contributed by atoms with E-state index in [9.17, 15) is 14.4 Å². The molecule has 4 aromatic rings. The summed E-state index contributed by atoms with van der Waals surface area (Å²) in [6.07, 6.45) is 9.93. The van der Waals surface area contributed by atoms with Gasteiger partial charge in [-0.25, -0.2) is 4.79 Å². The Hall–Kier alpha value is -4.83. The molecule has 0 bridgehead atoms. The number of carbonyl (C=O) groups is 3. The molecule has 2 aromatic heterocycles. The number of hydrogen-bond acceptors (Lipinski definition) is 5. The van der Waals surface area contributed by atoms with Gasteiger partial charge in [-0.3, -0.25) is 9.59 Å². The maximum atomic E-state index is 13.2. The van der Waals surface area contributed by atoms with E-state index in [2.05, 4.69) is 59.7 Å². The molecule has 3 amide bonds. The lowest BCUT2D eigenvalue weighted by Crippen LogP contribution is -2.40. The van der Waals surface area contributed by atoms with E-state index in [0.29, 0.717) is 31.5 Å². The zero-order valence-electron chi connectivity index (χ0n) is 34.9. The summed E-state index contributed by atoms with van der Waals surface area (Å²) in [6.45, 7) is 25.9. The lowest BCUT2D eigenvalue weighted by molar-refractivity contribution is 0.0223. The average Bonchev–Trinajstić information content (AvgIpc) is 3.68. The minimum Gasteiger partial charge on any atom is -0.444 e. The minimum atomic E-state index is -0.528. The Morgan fingerprint density at radius 1 is 0.754 bits per heavy atom. The maximum absolute atomic E-state index is 13.2. The second-order valence-electron chi connectivity index (χ2n) is 17.7. The SMILES string of the molecule is C=CCn1c2c(c3cc(C(=O)N4CCCC(C)C4)ccc31)CN(C(=O)OC(C)(C)C)CC2.C=CCn1c2c(c3cc(C(=O)N4CCCC(C)C4)ccc31)CNCC2. The van der Waals surface area contributed by atoms with Gasteiger partial charge < -0.3 is 33.9 Å². The highest BCUT2D eigenvalue weighted by Gasteiger charge is 2.31. The number of aromatic nitrogens is 2. The first kappa shape index (κ1) is 40.4. The molecule has 2 saturated heterocycles. The van der Waals surface area contributed by atoms with E-state index in [-0.39, 0.29) is 17.9 Å². The van der Waals surface area contributed by atoms with Crippen molar-refractivity contribution < 1.29 is 19.1 Å². The molecule has 57 heavy (non-hydrogen) atoms. The Labute approximate surface area is 338 Å². The third-order valence-electron chi connectivity index (χ3n) is 12.0. The van der Waals surface area contributed by atoms with Gasteiger partial charge >= 0.3 is 6.09 Å². The summed E-state index contributed by atoms with van der Waals surface area (Å²) in [6, 6.07) is 12.3. The Morgan fingerprint density at radius 2 is 1.28 bits per heavy atom. The van der Waals surface area contributed by atoms with Crippen LogP contribution in [0.15, 0.2) is 61.7 Å². The minimum absolute atomic E-state index is 0.100. The van der Waals surface area contributed by atoms with Crippen LogP contribution in [0.25, 0.3) is 21.8 Å². The Bertz CT molecular complexity index is 2170. The molecule has 2 atom stereocenters. The fourth-order valence-corrected chi connectivity index (χ4v) is 9.37. The van der Waals surface area contributed by atoms with Gasteiger partial charge in [0.05, 0.1) is 6.54 Å². The number of ether oxygens (including phenoxy) is 1. The molecule has 1 N–H and O–H groups in total. The molecule has 304 valence electrons. The van der Waals surface area contributed by atoms with Gasteiger partial charge in [-0.1, -0.05) is 26.0 Å². The normalized spacial score (nSPS) is 19.7. The van der Waals surface area contributed by atoms with Gasteiger partial charge in [-0.15, -0.1) is 13.2 Å². The Morgan fingerprint density at radius 3 is 1.79 bits per heavy atom. The van der Waals surface area contributed by atoms with Crippen LogP contribution in [0, 0.1) is 11.8 Å². The highest BCUT2D eigenvalue weighted by molar-refractivity contribution is 6.00. The molecule has 2 fully saturated rings. The number of fused-ring (bicyclic) bond motifs is 6. The number of nitrogens with zero attached hydrogens (tertiary/aromatic N) is 5. The maximum Gasteiger partial charge on any atom is 0.410 e. The molecule has 4 aliphatic rings. The molecule has 10 heteroatoms. The number of hydrogen-bond donors (Lipinski definition) is 1. The van der Waals surface area contributed by atoms with Crippen LogP contribution in [0.1, 0.15) is 104 Å². The number of amides is 3. The highest BCUT2D eigenvalue weighted by Crippen LogP contribution is 2.34. The average molecular weight is 775 g/mol. The van der Waals surface area contributed by atoms with E-state index in [4.69, 9.17) is 4.74 Å². The third-order valence-corrected chi connectivity index (χ3v) is 12.0. The van der Waals surface area contributed by atoms with Gasteiger partial charge in [0.2, 0.25) is 0 Å². The summed E-state index contributed by atoms with van der Waals surface area (Å²) in [4.78, 5) is 44.7. The summed E-state index contributed by atoms with van der Waals surface area (Å²) in [5.74, 6) is 1.43. The fraction of sp³-hybridized carbons (Fsp3) is 0.511. The van der Waals surface area contributed by atoms with Crippen molar-refractivity contribution >= 4 is 39.7 Å². The van der Waals surface area contributed by atoms with E-state index in [0.717, 1.165) is 99.1 Å². The van der Waals surface area contributed by atoms with Crippen molar-refractivity contribution in [3.8, 4) is 0 Å². The quantitative estimate of drug-likeness (QED) is 0.199. The lowest BCUT2D eigenvalue weighted by atomic mass is 9.99. The first-order chi connectivity index (χ1) is 27.4. The van der Waals surface area contributed by atoms with E-state index >= 15 is 0 Å². The standard InChI is InChI=1S/C26H35N3O3.C21H27N3O/c1-6-12-29-22-10-9-19(24(30)27-13-7-8-18(2)16-27)15-20(22)21-17-28(14-11-23(21)29)25(31)32-26(3,4)5;1-3-10-24-19-7-6-16(21(25)23-11-4-5-15(2)14-23)12-17(19)18-13-22-9-8-20(18)24/h6,9-10,15,18H,1,7-8,11-14,16-17H2,2-5H3;3,6-7,12,15,22H,1,4-5,8-11,13-14H2,2H3. The van der Waals surface area contributed by atoms with Crippen LogP contribution in [-0.2, 0) is 43.8 Å². The monoisotopic (exact) mass is 774 g/mol. The Balaban J connectivity index is 0.000000179. The molecule has 4 aliphatic heterocycles. The van der Waals surface area contributed by atoms with Crippen LogP contribution in [0.3, 0.4) is 0 Å². The predicted molar refractivity (Wildman–Crippen MR) is 229 cm³/mol. The zero-order valence-corrected chi connectivity index (χ0v) is 34.9. The predicted octanol–water partition coefficient (Wildman–Crippen LogP) is 8.34. The molecule has 6 heterocycles. The summed E-state index contributed by atoms with van der Waals surface area (Å²) in [5, 5.41) is 5.74. The summed E-state index contributed by atoms with van der Waals surface area (Å²) < 4.78 is 10.2. The van der Waals surface area contributed by atoms with Crippen molar-refractivity contribution in [3.63, 3.8) is 0 Å². The van der Waals surface area contributed by atoms with Crippen molar-refractivity contribution in [3.05, 3.63) is 95.3 Å². The van der Waals surface area contributed by atoms with E-state index < -0.39 is 5.60 Å². The summed E-state index contributed by atoms with van der Waals surface area (Å²) >= 11 is 0.